The molecule has 10 nitrogen and oxygen atoms in total. The number of carbonyl (C=O) groups is 1. The Hall–Kier alpha value is -4.49. The van der Waals surface area contributed by atoms with E-state index in [1.54, 1.807) is 15.6 Å². The van der Waals surface area contributed by atoms with Gasteiger partial charge in [0, 0.05) is 61.4 Å². The van der Waals surface area contributed by atoms with Crippen LogP contribution in [0.1, 0.15) is 48.0 Å². The molecule has 0 spiro atoms. The number of likely N-dealkylation sites (N-methyl/N-ethyl adjacent to an activating group) is 1. The maximum absolute atomic E-state index is 13.5. The third kappa shape index (κ3) is 5.72. The van der Waals surface area contributed by atoms with E-state index < -0.39 is 5.41 Å². The number of aromatic nitrogens is 5. The predicted molar refractivity (Wildman–Crippen MR) is 160 cm³/mol. The second-order valence-corrected chi connectivity index (χ2v) is 11.2. The number of amides is 1. The first-order valence-electron chi connectivity index (χ1n) is 14.0. The highest BCUT2D eigenvalue weighted by Gasteiger charge is 2.24. The number of hydrogen-bond donors (Lipinski definition) is 1. The van der Waals surface area contributed by atoms with Crippen molar-refractivity contribution in [2.24, 2.45) is 7.05 Å². The lowest BCUT2D eigenvalue weighted by atomic mass is 9.85. The van der Waals surface area contributed by atoms with Gasteiger partial charge in [-0.1, -0.05) is 18.2 Å². The fourth-order valence-electron chi connectivity index (χ4n) is 5.07. The molecule has 0 saturated carbocycles. The van der Waals surface area contributed by atoms with Crippen LogP contribution in [0.2, 0.25) is 0 Å². The van der Waals surface area contributed by atoms with Crippen molar-refractivity contribution in [1.29, 1.82) is 5.26 Å². The molecule has 3 heterocycles. The molecule has 41 heavy (non-hydrogen) atoms. The second kappa shape index (κ2) is 11.2. The van der Waals surface area contributed by atoms with Crippen LogP contribution >= 0.6 is 0 Å². The molecule has 1 fully saturated rings. The Balaban J connectivity index is 1.42. The zero-order valence-corrected chi connectivity index (χ0v) is 24.6. The van der Waals surface area contributed by atoms with Gasteiger partial charge in [0.15, 0.2) is 0 Å². The minimum atomic E-state index is -0.699. The summed E-state index contributed by atoms with van der Waals surface area (Å²) < 4.78 is 3.49. The highest BCUT2D eigenvalue weighted by Crippen LogP contribution is 2.31. The average Bonchev–Trinajstić information content (AvgIpc) is 3.59. The highest BCUT2D eigenvalue weighted by molar-refractivity contribution is 6.05. The predicted octanol–water partition coefficient (Wildman–Crippen LogP) is 4.48. The van der Waals surface area contributed by atoms with Gasteiger partial charge >= 0.3 is 0 Å². The summed E-state index contributed by atoms with van der Waals surface area (Å²) in [7, 11) is 1.89. The normalized spacial score (nSPS) is 14.2. The molecule has 1 aliphatic rings. The number of benzene rings is 2. The molecule has 4 aromatic rings. The first kappa shape index (κ1) is 28.1. The van der Waals surface area contributed by atoms with Gasteiger partial charge in [0.05, 0.1) is 29.6 Å². The summed E-state index contributed by atoms with van der Waals surface area (Å²) in [5.41, 5.74) is 6.72. The van der Waals surface area contributed by atoms with Crippen molar-refractivity contribution >= 4 is 17.3 Å². The van der Waals surface area contributed by atoms with Gasteiger partial charge in [-0.05, 0) is 75.7 Å². The lowest BCUT2D eigenvalue weighted by Gasteiger charge is -2.36. The number of rotatable bonds is 7. The molecular formula is C31H37N9O. The molecule has 1 saturated heterocycles. The van der Waals surface area contributed by atoms with Crippen LogP contribution in [0.3, 0.4) is 0 Å². The van der Waals surface area contributed by atoms with Crippen LogP contribution in [-0.4, -0.2) is 68.3 Å². The van der Waals surface area contributed by atoms with E-state index in [0.717, 1.165) is 66.5 Å². The Morgan fingerprint density at radius 2 is 1.85 bits per heavy atom. The van der Waals surface area contributed by atoms with Crippen LogP contribution in [0.5, 0.6) is 0 Å². The molecule has 0 bridgehead atoms. The number of hydrogen-bond acceptors (Lipinski definition) is 7. The maximum Gasteiger partial charge on any atom is 0.255 e. The Kier molecular flexibility index (Phi) is 7.65. The summed E-state index contributed by atoms with van der Waals surface area (Å²) in [5.74, 6) is -0.233. The molecule has 5 rings (SSSR count). The van der Waals surface area contributed by atoms with E-state index >= 15 is 0 Å². The van der Waals surface area contributed by atoms with Crippen molar-refractivity contribution in [1.82, 2.24) is 29.7 Å². The Bertz CT molecular complexity index is 1620. The van der Waals surface area contributed by atoms with Gasteiger partial charge in [0.1, 0.15) is 5.69 Å². The van der Waals surface area contributed by atoms with E-state index in [-0.39, 0.29) is 5.91 Å². The van der Waals surface area contributed by atoms with Crippen molar-refractivity contribution in [2.45, 2.75) is 40.0 Å². The molecule has 1 amide bonds. The maximum atomic E-state index is 13.5. The zero-order valence-electron chi connectivity index (χ0n) is 24.6. The third-order valence-corrected chi connectivity index (χ3v) is 8.08. The summed E-state index contributed by atoms with van der Waals surface area (Å²) in [5, 5.41) is 25.9. The van der Waals surface area contributed by atoms with Crippen LogP contribution in [0.15, 0.2) is 48.8 Å². The van der Waals surface area contributed by atoms with E-state index in [0.29, 0.717) is 16.9 Å². The first-order chi connectivity index (χ1) is 19.6. The fraction of sp³-hybridized carbons (Fsp3) is 0.387. The Morgan fingerprint density at radius 1 is 1.10 bits per heavy atom. The van der Waals surface area contributed by atoms with E-state index in [2.05, 4.69) is 49.6 Å². The van der Waals surface area contributed by atoms with Crippen molar-refractivity contribution in [2.75, 3.05) is 42.9 Å². The minimum Gasteiger partial charge on any atom is -0.369 e. The van der Waals surface area contributed by atoms with Crippen molar-refractivity contribution < 1.29 is 4.79 Å². The van der Waals surface area contributed by atoms with Gasteiger partial charge in [-0.3, -0.25) is 9.48 Å². The second-order valence-electron chi connectivity index (χ2n) is 11.2. The molecule has 0 aliphatic carbocycles. The number of piperazine rings is 1. The van der Waals surface area contributed by atoms with E-state index in [4.69, 9.17) is 0 Å². The van der Waals surface area contributed by atoms with Crippen LogP contribution in [0, 0.1) is 25.2 Å². The molecule has 0 radical (unpaired) electrons. The minimum absolute atomic E-state index is 0.233. The highest BCUT2D eigenvalue weighted by atomic mass is 16.1. The third-order valence-electron chi connectivity index (χ3n) is 8.08. The van der Waals surface area contributed by atoms with Gasteiger partial charge in [-0.2, -0.15) is 10.4 Å². The molecule has 1 aliphatic heterocycles. The van der Waals surface area contributed by atoms with E-state index in [1.165, 1.54) is 0 Å². The number of anilines is 2. The molecule has 212 valence electrons. The summed E-state index contributed by atoms with van der Waals surface area (Å²) in [6, 6.07) is 13.9. The van der Waals surface area contributed by atoms with Crippen molar-refractivity contribution in [3.8, 4) is 23.0 Å². The standard InChI is InChI=1S/C31H37N9O/c1-7-38-10-12-39(13-11-38)26-16-24(31(4,5)20-32)15-25(17-26)34-30(41)23-9-8-21(2)29(14-23)40-19-28(35-36-40)27-18-33-37(6)22(27)3/h8-9,14-19H,7,10-13H2,1-6H3,(H,34,41). The number of nitriles is 1. The van der Waals surface area contributed by atoms with Gasteiger partial charge in [-0.15, -0.1) is 5.10 Å². The lowest BCUT2D eigenvalue weighted by Crippen LogP contribution is -2.46. The number of carbonyl (C=O) groups excluding carboxylic acids is 1. The van der Waals surface area contributed by atoms with Gasteiger partial charge in [0.25, 0.3) is 5.91 Å². The summed E-state index contributed by atoms with van der Waals surface area (Å²) in [4.78, 5) is 18.3. The van der Waals surface area contributed by atoms with Crippen LogP contribution < -0.4 is 10.2 Å². The molecule has 0 unspecified atom stereocenters. The molecule has 0 atom stereocenters. The van der Waals surface area contributed by atoms with Crippen LogP contribution in [-0.2, 0) is 12.5 Å². The van der Waals surface area contributed by atoms with Gasteiger partial charge < -0.3 is 15.1 Å². The molecular weight excluding hydrogens is 514 g/mol. The molecule has 10 heteroatoms. The Labute approximate surface area is 241 Å². The topological polar surface area (TPSA) is 108 Å². The van der Waals surface area contributed by atoms with Gasteiger partial charge in [0.2, 0.25) is 0 Å². The van der Waals surface area contributed by atoms with Crippen molar-refractivity contribution in [3.05, 3.63) is 71.2 Å². The summed E-state index contributed by atoms with van der Waals surface area (Å²) in [6.45, 7) is 14.8. The quantitative estimate of drug-likeness (QED) is 0.361. The number of nitrogens with zero attached hydrogens (tertiary/aromatic N) is 8. The van der Waals surface area contributed by atoms with E-state index in [9.17, 15) is 10.1 Å². The first-order valence-corrected chi connectivity index (χ1v) is 14.0. The number of nitrogens with one attached hydrogen (secondary N) is 1. The van der Waals surface area contributed by atoms with Crippen LogP contribution in [0.25, 0.3) is 16.9 Å². The molecule has 2 aromatic carbocycles. The number of aryl methyl sites for hydroxylation is 2. The lowest BCUT2D eigenvalue weighted by molar-refractivity contribution is 0.102. The van der Waals surface area contributed by atoms with Gasteiger partial charge in [-0.25, -0.2) is 4.68 Å². The average molecular weight is 552 g/mol. The monoisotopic (exact) mass is 551 g/mol. The van der Waals surface area contributed by atoms with Crippen LogP contribution in [0.4, 0.5) is 11.4 Å². The van der Waals surface area contributed by atoms with Crippen molar-refractivity contribution in [3.63, 3.8) is 0 Å². The molecule has 1 N–H and O–H groups in total. The molecule has 2 aromatic heterocycles. The smallest absolute Gasteiger partial charge is 0.255 e. The zero-order chi connectivity index (χ0) is 29.3. The Morgan fingerprint density at radius 3 is 2.51 bits per heavy atom. The fourth-order valence-corrected chi connectivity index (χ4v) is 5.07. The summed E-state index contributed by atoms with van der Waals surface area (Å²) >= 11 is 0. The largest absolute Gasteiger partial charge is 0.369 e. The SMILES string of the molecule is CCN1CCN(c2cc(NC(=O)c3ccc(C)c(-n4cc(-c5cnn(C)c5C)nn4)c3)cc(C(C)(C)C#N)c2)CC1. The van der Waals surface area contributed by atoms with E-state index in [1.807, 2.05) is 71.3 Å². The summed E-state index contributed by atoms with van der Waals surface area (Å²) in [6.07, 6.45) is 3.63.